The van der Waals surface area contributed by atoms with Crippen LogP contribution in [0.3, 0.4) is 0 Å². The predicted octanol–water partition coefficient (Wildman–Crippen LogP) is 5.08. The minimum absolute atomic E-state index is 0.0140. The Balaban J connectivity index is 1.59. The molecule has 0 aliphatic carbocycles. The van der Waals surface area contributed by atoms with Gasteiger partial charge in [0, 0.05) is 16.9 Å². The van der Waals surface area contributed by atoms with Crippen LogP contribution >= 0.6 is 11.8 Å². The molecule has 4 rings (SSSR count). The second-order valence-electron chi connectivity index (χ2n) is 6.47. The molecule has 0 fully saturated rings. The zero-order valence-corrected chi connectivity index (χ0v) is 16.7. The highest BCUT2D eigenvalue weighted by molar-refractivity contribution is 7.99. The number of anilines is 1. The van der Waals surface area contributed by atoms with Crippen LogP contribution in [0.1, 0.15) is 0 Å². The van der Waals surface area contributed by atoms with Crippen molar-refractivity contribution >= 4 is 23.4 Å². The van der Waals surface area contributed by atoms with E-state index < -0.39 is 11.6 Å². The minimum atomic E-state index is -0.395. The Morgan fingerprint density at radius 1 is 0.806 bits per heavy atom. The van der Waals surface area contributed by atoms with Crippen LogP contribution in [0, 0.1) is 17.5 Å². The van der Waals surface area contributed by atoms with Crippen molar-refractivity contribution in [1.29, 1.82) is 0 Å². The second-order valence-corrected chi connectivity index (χ2v) is 7.41. The van der Waals surface area contributed by atoms with E-state index in [1.807, 2.05) is 0 Å². The van der Waals surface area contributed by atoms with Crippen molar-refractivity contribution < 1.29 is 18.0 Å². The summed E-state index contributed by atoms with van der Waals surface area (Å²) in [5.41, 5.74) is 1.67. The van der Waals surface area contributed by atoms with Crippen LogP contribution in [-0.2, 0) is 4.79 Å². The maximum absolute atomic E-state index is 13.4. The van der Waals surface area contributed by atoms with Gasteiger partial charge in [-0.3, -0.25) is 9.36 Å². The highest BCUT2D eigenvalue weighted by Gasteiger charge is 2.17. The molecule has 4 aromatic rings. The quantitative estimate of drug-likeness (QED) is 0.425. The van der Waals surface area contributed by atoms with E-state index in [9.17, 15) is 18.0 Å². The van der Waals surface area contributed by atoms with Gasteiger partial charge in [-0.05, 0) is 72.8 Å². The molecule has 31 heavy (non-hydrogen) atoms. The fourth-order valence-corrected chi connectivity index (χ4v) is 3.58. The molecule has 0 saturated heterocycles. The van der Waals surface area contributed by atoms with Crippen molar-refractivity contribution in [3.63, 3.8) is 0 Å². The van der Waals surface area contributed by atoms with Crippen LogP contribution < -0.4 is 5.32 Å². The number of aromatic nitrogens is 3. The predicted molar refractivity (Wildman–Crippen MR) is 112 cm³/mol. The first kappa shape index (κ1) is 20.7. The summed E-state index contributed by atoms with van der Waals surface area (Å²) in [5, 5.41) is 11.4. The number of nitrogens with zero attached hydrogens (tertiary/aromatic N) is 3. The molecule has 0 unspecified atom stereocenters. The molecule has 0 aliphatic rings. The molecule has 156 valence electrons. The van der Waals surface area contributed by atoms with Crippen molar-refractivity contribution in [3.05, 3.63) is 90.2 Å². The topological polar surface area (TPSA) is 59.8 Å². The van der Waals surface area contributed by atoms with E-state index in [1.165, 1.54) is 48.5 Å². The van der Waals surface area contributed by atoms with Gasteiger partial charge in [-0.1, -0.05) is 11.8 Å². The first-order valence-corrected chi connectivity index (χ1v) is 10.1. The van der Waals surface area contributed by atoms with E-state index in [1.54, 1.807) is 28.8 Å². The van der Waals surface area contributed by atoms with E-state index in [-0.39, 0.29) is 17.5 Å². The highest BCUT2D eigenvalue weighted by atomic mass is 32.2. The normalized spacial score (nSPS) is 10.8. The number of nitrogens with one attached hydrogen (secondary N) is 1. The summed E-state index contributed by atoms with van der Waals surface area (Å²) in [5.74, 6) is -1.05. The first-order chi connectivity index (χ1) is 15.0. The van der Waals surface area contributed by atoms with Gasteiger partial charge in [-0.25, -0.2) is 13.2 Å². The van der Waals surface area contributed by atoms with E-state index in [4.69, 9.17) is 0 Å². The molecule has 9 heteroatoms. The average molecular weight is 440 g/mol. The number of benzene rings is 3. The number of hydrogen-bond donors (Lipinski definition) is 1. The van der Waals surface area contributed by atoms with Crippen molar-refractivity contribution in [2.75, 3.05) is 11.1 Å². The monoisotopic (exact) mass is 440 g/mol. The summed E-state index contributed by atoms with van der Waals surface area (Å²) in [6, 6.07) is 16.9. The summed E-state index contributed by atoms with van der Waals surface area (Å²) >= 11 is 1.13. The highest BCUT2D eigenvalue weighted by Crippen LogP contribution is 2.28. The van der Waals surface area contributed by atoms with E-state index in [0.717, 1.165) is 11.8 Å². The molecular weight excluding hydrogens is 425 g/mol. The minimum Gasteiger partial charge on any atom is -0.325 e. The third-order valence-corrected chi connectivity index (χ3v) is 5.21. The number of rotatable bonds is 6. The lowest BCUT2D eigenvalue weighted by Gasteiger charge is -2.10. The van der Waals surface area contributed by atoms with E-state index >= 15 is 0 Å². The molecule has 3 aromatic carbocycles. The van der Waals surface area contributed by atoms with Gasteiger partial charge in [0.05, 0.1) is 5.75 Å². The van der Waals surface area contributed by atoms with Crippen molar-refractivity contribution in [1.82, 2.24) is 14.8 Å². The molecular formula is C22H15F3N4OS. The van der Waals surface area contributed by atoms with Crippen LogP contribution in [0.5, 0.6) is 0 Å². The third kappa shape index (κ3) is 4.95. The molecule has 1 aromatic heterocycles. The Morgan fingerprint density at radius 2 is 1.35 bits per heavy atom. The van der Waals surface area contributed by atoms with Gasteiger partial charge in [0.2, 0.25) is 5.91 Å². The summed E-state index contributed by atoms with van der Waals surface area (Å²) in [6.07, 6.45) is 0. The standard InChI is InChI=1S/C22H15F3N4OS/c23-15-3-1-14(2-4-15)21-27-28-22(29(21)19-11-7-17(25)8-12-19)31-13-20(30)26-18-9-5-16(24)6-10-18/h1-12H,13H2,(H,26,30). The van der Waals surface area contributed by atoms with Crippen molar-refractivity contribution in [3.8, 4) is 17.1 Å². The fourth-order valence-electron chi connectivity index (χ4n) is 2.83. The number of carbonyl (C=O) groups is 1. The molecule has 0 radical (unpaired) electrons. The number of amides is 1. The van der Waals surface area contributed by atoms with Crippen LogP contribution in [0.4, 0.5) is 18.9 Å². The first-order valence-electron chi connectivity index (χ1n) is 9.15. The van der Waals surface area contributed by atoms with Crippen LogP contribution in [0.2, 0.25) is 0 Å². The lowest BCUT2D eigenvalue weighted by atomic mass is 10.2. The fraction of sp³-hybridized carbons (Fsp3) is 0.0455. The maximum Gasteiger partial charge on any atom is 0.234 e. The summed E-state index contributed by atoms with van der Waals surface area (Å²) in [7, 11) is 0. The van der Waals surface area contributed by atoms with Crippen LogP contribution in [0.25, 0.3) is 17.1 Å². The molecule has 1 N–H and O–H groups in total. The molecule has 0 spiro atoms. The number of hydrogen-bond acceptors (Lipinski definition) is 4. The SMILES string of the molecule is O=C(CSc1nnc(-c2ccc(F)cc2)n1-c1ccc(F)cc1)Nc1ccc(F)cc1. The average Bonchev–Trinajstić information content (AvgIpc) is 3.19. The molecule has 1 amide bonds. The van der Waals surface area contributed by atoms with Gasteiger partial charge < -0.3 is 5.32 Å². The Labute approximate surface area is 179 Å². The zero-order valence-electron chi connectivity index (χ0n) is 15.9. The van der Waals surface area contributed by atoms with Crippen molar-refractivity contribution in [2.45, 2.75) is 5.16 Å². The van der Waals surface area contributed by atoms with Gasteiger partial charge in [-0.2, -0.15) is 0 Å². The number of thioether (sulfide) groups is 1. The number of carbonyl (C=O) groups excluding carboxylic acids is 1. The smallest absolute Gasteiger partial charge is 0.234 e. The Bertz CT molecular complexity index is 1190. The Kier molecular flexibility index (Phi) is 6.03. The molecule has 0 bridgehead atoms. The van der Waals surface area contributed by atoms with E-state index in [0.29, 0.717) is 27.9 Å². The molecule has 0 saturated carbocycles. The van der Waals surface area contributed by atoms with Crippen LogP contribution in [-0.4, -0.2) is 26.4 Å². The summed E-state index contributed by atoms with van der Waals surface area (Å²) in [6.45, 7) is 0. The molecule has 0 aliphatic heterocycles. The molecule has 0 atom stereocenters. The maximum atomic E-state index is 13.4. The second kappa shape index (κ2) is 9.05. The van der Waals surface area contributed by atoms with Crippen LogP contribution in [0.15, 0.2) is 78.0 Å². The van der Waals surface area contributed by atoms with Gasteiger partial charge in [0.1, 0.15) is 17.5 Å². The zero-order chi connectivity index (χ0) is 21.8. The Hall–Kier alpha value is -3.59. The van der Waals surface area contributed by atoms with Gasteiger partial charge in [0.15, 0.2) is 11.0 Å². The van der Waals surface area contributed by atoms with Crippen molar-refractivity contribution in [2.24, 2.45) is 0 Å². The summed E-state index contributed by atoms with van der Waals surface area (Å²) in [4.78, 5) is 12.3. The van der Waals surface area contributed by atoms with Gasteiger partial charge >= 0.3 is 0 Å². The number of halogens is 3. The Morgan fingerprint density at radius 3 is 1.97 bits per heavy atom. The summed E-state index contributed by atoms with van der Waals surface area (Å²) < 4.78 is 41.4. The lowest BCUT2D eigenvalue weighted by Crippen LogP contribution is -2.14. The van der Waals surface area contributed by atoms with Gasteiger partial charge in [0.25, 0.3) is 0 Å². The third-order valence-electron chi connectivity index (χ3n) is 4.28. The lowest BCUT2D eigenvalue weighted by molar-refractivity contribution is -0.113. The molecule has 5 nitrogen and oxygen atoms in total. The van der Waals surface area contributed by atoms with Gasteiger partial charge in [-0.15, -0.1) is 10.2 Å². The molecule has 1 heterocycles. The largest absolute Gasteiger partial charge is 0.325 e. The van der Waals surface area contributed by atoms with E-state index in [2.05, 4.69) is 15.5 Å².